The van der Waals surface area contributed by atoms with E-state index in [1.54, 1.807) is 23.2 Å². The van der Waals surface area contributed by atoms with E-state index in [1.165, 1.54) is 6.07 Å². The van der Waals surface area contributed by atoms with Crippen molar-refractivity contribution < 1.29 is 13.2 Å². The monoisotopic (exact) mass is 257 g/mol. The number of hydrogen-bond acceptors (Lipinski definition) is 5. The molecule has 7 heteroatoms. The number of hydrogen-bond donors (Lipinski definition) is 2. The van der Waals surface area contributed by atoms with E-state index < -0.39 is 10.0 Å². The quantitative estimate of drug-likeness (QED) is 0.732. The molecule has 1 aromatic rings. The summed E-state index contributed by atoms with van der Waals surface area (Å²) in [7, 11) is -3.60. The van der Waals surface area contributed by atoms with Crippen molar-refractivity contribution >= 4 is 15.7 Å². The molecule has 1 aliphatic rings. The Kier molecular flexibility index (Phi) is 3.63. The van der Waals surface area contributed by atoms with Crippen molar-refractivity contribution in [3.05, 3.63) is 24.3 Å². The van der Waals surface area contributed by atoms with Gasteiger partial charge in [-0.25, -0.2) is 13.4 Å². The normalized spacial score (nSPS) is 18.1. The van der Waals surface area contributed by atoms with Gasteiger partial charge in [-0.15, -0.1) is 4.83 Å². The zero-order valence-electron chi connectivity index (χ0n) is 9.30. The van der Waals surface area contributed by atoms with Crippen molar-refractivity contribution in [1.29, 1.82) is 0 Å². The molecule has 0 aliphatic carbocycles. The second-order valence-corrected chi connectivity index (χ2v) is 5.36. The number of anilines is 1. The summed E-state index contributed by atoms with van der Waals surface area (Å²) in [6.45, 7) is 2.11. The average molecular weight is 257 g/mol. The van der Waals surface area contributed by atoms with Crippen LogP contribution < -0.4 is 10.6 Å². The Hall–Kier alpha value is -1.15. The van der Waals surface area contributed by atoms with E-state index in [0.717, 1.165) is 0 Å². The van der Waals surface area contributed by atoms with Gasteiger partial charge < -0.3 is 10.5 Å². The molecule has 0 aromatic heterocycles. The summed E-state index contributed by atoms with van der Waals surface area (Å²) in [4.78, 5) is 2.60. The van der Waals surface area contributed by atoms with E-state index in [-0.39, 0.29) is 10.6 Å². The molecule has 17 heavy (non-hydrogen) atoms. The molecular formula is C10H15N3O3S. The molecule has 3 N–H and O–H groups in total. The highest BCUT2D eigenvalue weighted by atomic mass is 32.2. The maximum Gasteiger partial charge on any atom is 0.255 e. The number of nitrogen functional groups attached to an aromatic ring is 1. The number of sulfonamides is 1. The Bertz CT molecular complexity index is 483. The molecule has 0 spiro atoms. The number of benzene rings is 1. The topological polar surface area (TPSA) is 84.7 Å². The maximum atomic E-state index is 12.0. The number of rotatable bonds is 3. The third-order valence-electron chi connectivity index (χ3n) is 2.47. The predicted octanol–water partition coefficient (Wildman–Crippen LogP) is -0.206. The van der Waals surface area contributed by atoms with Gasteiger partial charge in [-0.1, -0.05) is 12.1 Å². The van der Waals surface area contributed by atoms with Crippen LogP contribution in [0.5, 0.6) is 0 Å². The van der Waals surface area contributed by atoms with Crippen LogP contribution in [0.1, 0.15) is 0 Å². The molecule has 0 unspecified atom stereocenters. The van der Waals surface area contributed by atoms with Gasteiger partial charge in [-0.3, -0.25) is 0 Å². The van der Waals surface area contributed by atoms with Gasteiger partial charge in [0, 0.05) is 13.1 Å². The Morgan fingerprint density at radius 2 is 1.88 bits per heavy atom. The summed E-state index contributed by atoms with van der Waals surface area (Å²) < 4.78 is 29.2. The second-order valence-electron chi connectivity index (χ2n) is 3.73. The van der Waals surface area contributed by atoms with Gasteiger partial charge in [-0.2, -0.15) is 0 Å². The molecule has 94 valence electrons. The molecule has 6 nitrogen and oxygen atoms in total. The SMILES string of the molecule is Nc1ccccc1S(=O)(=O)NN1CCOCC1. The summed E-state index contributed by atoms with van der Waals surface area (Å²) in [6.07, 6.45) is 0. The summed E-state index contributed by atoms with van der Waals surface area (Å²) in [5.41, 5.74) is 5.89. The van der Waals surface area contributed by atoms with Gasteiger partial charge in [0.25, 0.3) is 10.0 Å². The first-order chi connectivity index (χ1) is 8.09. The van der Waals surface area contributed by atoms with Crippen LogP contribution in [0.3, 0.4) is 0 Å². The number of nitrogens with zero attached hydrogens (tertiary/aromatic N) is 1. The van der Waals surface area contributed by atoms with E-state index >= 15 is 0 Å². The lowest BCUT2D eigenvalue weighted by Crippen LogP contribution is -2.48. The van der Waals surface area contributed by atoms with Crippen molar-refractivity contribution in [2.24, 2.45) is 0 Å². The van der Waals surface area contributed by atoms with Gasteiger partial charge in [0.15, 0.2) is 0 Å². The minimum Gasteiger partial charge on any atom is -0.398 e. The second kappa shape index (κ2) is 5.01. The van der Waals surface area contributed by atoms with E-state index in [2.05, 4.69) is 4.83 Å². The Labute approximate surface area is 100 Å². The molecule has 1 aromatic carbocycles. The molecular weight excluding hydrogens is 242 g/mol. The van der Waals surface area contributed by atoms with Crippen molar-refractivity contribution in [3.63, 3.8) is 0 Å². The van der Waals surface area contributed by atoms with Gasteiger partial charge in [0.2, 0.25) is 0 Å². The van der Waals surface area contributed by atoms with Crippen molar-refractivity contribution in [1.82, 2.24) is 9.84 Å². The minimum absolute atomic E-state index is 0.103. The fourth-order valence-electron chi connectivity index (χ4n) is 1.60. The largest absolute Gasteiger partial charge is 0.398 e. The maximum absolute atomic E-state index is 12.0. The Balaban J connectivity index is 2.16. The molecule has 0 radical (unpaired) electrons. The molecule has 0 amide bonds. The fraction of sp³-hybridized carbons (Fsp3) is 0.400. The van der Waals surface area contributed by atoms with Crippen LogP contribution in [0.2, 0.25) is 0 Å². The number of morpholine rings is 1. The van der Waals surface area contributed by atoms with Crippen LogP contribution >= 0.6 is 0 Å². The highest BCUT2D eigenvalue weighted by Gasteiger charge is 2.21. The first-order valence-electron chi connectivity index (χ1n) is 5.29. The van der Waals surface area contributed by atoms with Crippen molar-refractivity contribution in [3.8, 4) is 0 Å². The molecule has 1 saturated heterocycles. The predicted molar refractivity (Wildman–Crippen MR) is 63.6 cm³/mol. The standard InChI is InChI=1S/C10H15N3O3S/c11-9-3-1-2-4-10(9)17(14,15)12-13-5-7-16-8-6-13/h1-4,12H,5-8,11H2. The van der Waals surface area contributed by atoms with E-state index in [1.807, 2.05) is 0 Å². The van der Waals surface area contributed by atoms with Crippen LogP contribution in [0, 0.1) is 0 Å². The van der Waals surface area contributed by atoms with Crippen LogP contribution in [0.25, 0.3) is 0 Å². The fourth-order valence-corrected chi connectivity index (χ4v) is 2.86. The molecule has 0 saturated carbocycles. The van der Waals surface area contributed by atoms with E-state index in [9.17, 15) is 8.42 Å². The van der Waals surface area contributed by atoms with Gasteiger partial charge in [-0.05, 0) is 12.1 Å². The molecule has 0 atom stereocenters. The van der Waals surface area contributed by atoms with Gasteiger partial charge in [0.05, 0.1) is 18.9 Å². The first-order valence-corrected chi connectivity index (χ1v) is 6.77. The number of ether oxygens (including phenoxy) is 1. The zero-order valence-corrected chi connectivity index (χ0v) is 10.1. The van der Waals surface area contributed by atoms with E-state index in [4.69, 9.17) is 10.5 Å². The van der Waals surface area contributed by atoms with Crippen LogP contribution in [-0.2, 0) is 14.8 Å². The summed E-state index contributed by atoms with van der Waals surface area (Å²) >= 11 is 0. The smallest absolute Gasteiger partial charge is 0.255 e. The number of hydrazine groups is 1. The third-order valence-corrected chi connectivity index (χ3v) is 3.92. The van der Waals surface area contributed by atoms with Crippen molar-refractivity contribution in [2.75, 3.05) is 32.0 Å². The Morgan fingerprint density at radius 1 is 1.24 bits per heavy atom. The highest BCUT2D eigenvalue weighted by molar-refractivity contribution is 7.89. The van der Waals surface area contributed by atoms with Crippen molar-refractivity contribution in [2.45, 2.75) is 4.90 Å². The summed E-state index contributed by atoms with van der Waals surface area (Å²) in [5, 5.41) is 1.62. The van der Waals surface area contributed by atoms with Gasteiger partial charge >= 0.3 is 0 Å². The zero-order chi connectivity index (χ0) is 12.3. The number of nitrogens with one attached hydrogen (secondary N) is 1. The first kappa shape index (κ1) is 12.3. The highest BCUT2D eigenvalue weighted by Crippen LogP contribution is 2.17. The molecule has 1 fully saturated rings. The van der Waals surface area contributed by atoms with Crippen LogP contribution in [0.4, 0.5) is 5.69 Å². The lowest BCUT2D eigenvalue weighted by Gasteiger charge is -2.26. The Morgan fingerprint density at radius 3 is 2.53 bits per heavy atom. The molecule has 2 rings (SSSR count). The average Bonchev–Trinajstić information content (AvgIpc) is 2.30. The third kappa shape index (κ3) is 2.95. The summed E-state index contributed by atoms with van der Waals surface area (Å²) in [6, 6.07) is 6.39. The molecule has 1 heterocycles. The number of para-hydroxylation sites is 1. The minimum atomic E-state index is -3.60. The molecule has 0 bridgehead atoms. The van der Waals surface area contributed by atoms with Gasteiger partial charge in [0.1, 0.15) is 4.90 Å². The summed E-state index contributed by atoms with van der Waals surface area (Å²) in [5.74, 6) is 0. The van der Waals surface area contributed by atoms with E-state index in [0.29, 0.717) is 26.3 Å². The molecule has 1 aliphatic heterocycles. The lowest BCUT2D eigenvalue weighted by molar-refractivity contribution is 0.0272. The lowest BCUT2D eigenvalue weighted by atomic mass is 10.3. The van der Waals surface area contributed by atoms with Crippen LogP contribution in [0.15, 0.2) is 29.2 Å². The van der Waals surface area contributed by atoms with Crippen LogP contribution in [-0.4, -0.2) is 39.7 Å². The number of nitrogens with two attached hydrogens (primary N) is 1.